The van der Waals surface area contributed by atoms with Gasteiger partial charge in [0.05, 0.1) is 15.9 Å². The summed E-state index contributed by atoms with van der Waals surface area (Å²) in [6.45, 7) is 2.91. The Hall–Kier alpha value is -1.88. The maximum atomic E-state index is 12.8. The number of carbonyl (C=O) groups is 1. The minimum absolute atomic E-state index is 0. The number of nitrogens with zero attached hydrogens (tertiary/aromatic N) is 2. The van der Waals surface area contributed by atoms with Crippen LogP contribution in [0, 0.1) is 0 Å². The van der Waals surface area contributed by atoms with Crippen LogP contribution in [-0.4, -0.2) is 65.7 Å². The highest BCUT2D eigenvalue weighted by molar-refractivity contribution is 7.89. The van der Waals surface area contributed by atoms with Crippen LogP contribution in [0.3, 0.4) is 0 Å². The van der Waals surface area contributed by atoms with Crippen LogP contribution in [0.15, 0.2) is 27.9 Å². The second-order valence-corrected chi connectivity index (χ2v) is 8.19. The summed E-state index contributed by atoms with van der Waals surface area (Å²) in [4.78, 5) is 30.2. The Morgan fingerprint density at radius 3 is 2.42 bits per heavy atom. The predicted octanol–water partition coefficient (Wildman–Crippen LogP) is -0.152. The number of aromatic amines is 2. The first-order chi connectivity index (χ1) is 11.8. The van der Waals surface area contributed by atoms with Gasteiger partial charge >= 0.3 is 5.69 Å². The number of H-pyrrole nitrogens is 2. The van der Waals surface area contributed by atoms with Crippen molar-refractivity contribution in [3.05, 3.63) is 28.7 Å². The Balaban J connectivity index is 0.00000243. The zero-order valence-electron chi connectivity index (χ0n) is 14.3. The zero-order valence-corrected chi connectivity index (χ0v) is 15.9. The molecule has 144 valence electrons. The summed E-state index contributed by atoms with van der Waals surface area (Å²) in [5.41, 5.74) is 6.25. The van der Waals surface area contributed by atoms with E-state index in [0.29, 0.717) is 24.1 Å². The van der Waals surface area contributed by atoms with E-state index in [9.17, 15) is 18.0 Å². The first-order valence-corrected chi connectivity index (χ1v) is 9.47. The molecule has 1 amide bonds. The van der Waals surface area contributed by atoms with Crippen LogP contribution >= 0.6 is 12.4 Å². The van der Waals surface area contributed by atoms with Crippen molar-refractivity contribution in [3.63, 3.8) is 0 Å². The van der Waals surface area contributed by atoms with E-state index >= 15 is 0 Å². The molecule has 0 saturated carbocycles. The fraction of sp³-hybridized carbons (Fsp3) is 0.467. The maximum Gasteiger partial charge on any atom is 0.323 e. The number of hydrogen-bond acceptors (Lipinski definition) is 5. The predicted molar refractivity (Wildman–Crippen MR) is 99.8 cm³/mol. The van der Waals surface area contributed by atoms with Crippen molar-refractivity contribution in [2.45, 2.75) is 24.3 Å². The number of nitrogens with two attached hydrogens (primary N) is 1. The lowest BCUT2D eigenvalue weighted by Crippen LogP contribution is -2.51. The molecule has 0 aliphatic carbocycles. The van der Waals surface area contributed by atoms with Crippen LogP contribution in [0.4, 0.5) is 0 Å². The Morgan fingerprint density at radius 2 is 1.81 bits per heavy atom. The lowest BCUT2D eigenvalue weighted by Gasteiger charge is -2.34. The fourth-order valence-corrected chi connectivity index (χ4v) is 4.35. The van der Waals surface area contributed by atoms with E-state index in [4.69, 9.17) is 5.73 Å². The average molecular weight is 404 g/mol. The summed E-state index contributed by atoms with van der Waals surface area (Å²) in [7, 11) is -3.68. The summed E-state index contributed by atoms with van der Waals surface area (Å²) >= 11 is 0. The number of hydrogen-bond donors (Lipinski definition) is 3. The molecule has 1 fully saturated rings. The van der Waals surface area contributed by atoms with Gasteiger partial charge in [0, 0.05) is 38.6 Å². The summed E-state index contributed by atoms with van der Waals surface area (Å²) in [6.07, 6.45) is 0.254. The van der Waals surface area contributed by atoms with E-state index in [-0.39, 0.29) is 54.5 Å². The third-order valence-corrected chi connectivity index (χ3v) is 6.11. The Bertz CT molecular complexity index is 944. The number of rotatable bonds is 4. The second-order valence-electron chi connectivity index (χ2n) is 6.25. The Labute approximate surface area is 157 Å². The molecule has 0 bridgehead atoms. The van der Waals surface area contributed by atoms with E-state index in [2.05, 4.69) is 9.97 Å². The van der Waals surface area contributed by atoms with E-state index < -0.39 is 10.0 Å². The molecule has 1 atom stereocenters. The highest BCUT2D eigenvalue weighted by Crippen LogP contribution is 2.20. The fourth-order valence-electron chi connectivity index (χ4n) is 2.90. The summed E-state index contributed by atoms with van der Waals surface area (Å²) < 4.78 is 26.9. The van der Waals surface area contributed by atoms with Crippen LogP contribution in [0.5, 0.6) is 0 Å². The standard InChI is InChI=1S/C15H21N5O4S.ClH/c1-10(16)8-14(21)19-4-6-20(7-5-19)25(23,24)11-2-3-12-13(9-11)18-15(22)17-12;/h2-3,9-10H,4-8,16H2,1H3,(H2,17,18,22);1H. The third-order valence-electron chi connectivity index (χ3n) is 4.21. The summed E-state index contributed by atoms with van der Waals surface area (Å²) in [6, 6.07) is 4.25. The largest absolute Gasteiger partial charge is 0.340 e. The number of sulfonamides is 1. The lowest BCUT2D eigenvalue weighted by molar-refractivity contribution is -0.132. The molecule has 1 saturated heterocycles. The van der Waals surface area contributed by atoms with Crippen LogP contribution in [-0.2, 0) is 14.8 Å². The van der Waals surface area contributed by atoms with Crippen molar-refractivity contribution in [3.8, 4) is 0 Å². The maximum absolute atomic E-state index is 12.8. The van der Waals surface area contributed by atoms with Crippen molar-refractivity contribution in [2.24, 2.45) is 5.73 Å². The first kappa shape index (κ1) is 20.4. The van der Waals surface area contributed by atoms with E-state index in [1.807, 2.05) is 0 Å². The smallest absolute Gasteiger partial charge is 0.323 e. The van der Waals surface area contributed by atoms with Crippen LogP contribution in [0.2, 0.25) is 0 Å². The minimum Gasteiger partial charge on any atom is -0.340 e. The number of benzene rings is 1. The van der Waals surface area contributed by atoms with Gasteiger partial charge in [-0.15, -0.1) is 12.4 Å². The molecule has 2 aromatic rings. The van der Waals surface area contributed by atoms with Gasteiger partial charge in [-0.2, -0.15) is 4.31 Å². The van der Waals surface area contributed by atoms with Crippen molar-refractivity contribution in [2.75, 3.05) is 26.2 Å². The number of imidazole rings is 1. The minimum atomic E-state index is -3.68. The summed E-state index contributed by atoms with van der Waals surface area (Å²) in [5.74, 6) is -0.0571. The van der Waals surface area contributed by atoms with Crippen LogP contribution in [0.1, 0.15) is 13.3 Å². The zero-order chi connectivity index (χ0) is 18.2. The van der Waals surface area contributed by atoms with Crippen molar-refractivity contribution in [1.82, 2.24) is 19.2 Å². The monoisotopic (exact) mass is 403 g/mol. The molecule has 1 aromatic heterocycles. The molecule has 0 radical (unpaired) electrons. The van der Waals surface area contributed by atoms with E-state index in [1.165, 1.54) is 16.4 Å². The molecule has 11 heteroatoms. The van der Waals surface area contributed by atoms with Gasteiger partial charge in [-0.05, 0) is 25.1 Å². The molecule has 1 aromatic carbocycles. The normalized spacial score (nSPS) is 17.1. The van der Waals surface area contributed by atoms with E-state index in [1.54, 1.807) is 17.9 Å². The van der Waals surface area contributed by atoms with Crippen molar-refractivity contribution >= 4 is 39.4 Å². The van der Waals surface area contributed by atoms with Crippen LogP contribution in [0.25, 0.3) is 11.0 Å². The molecular formula is C15H22ClN5O4S. The van der Waals surface area contributed by atoms with Gasteiger partial charge in [-0.3, -0.25) is 4.79 Å². The van der Waals surface area contributed by atoms with Crippen molar-refractivity contribution < 1.29 is 13.2 Å². The quantitative estimate of drug-likeness (QED) is 0.652. The number of carbonyl (C=O) groups excluding carboxylic acids is 1. The number of nitrogens with one attached hydrogen (secondary N) is 2. The highest BCUT2D eigenvalue weighted by atomic mass is 35.5. The first-order valence-electron chi connectivity index (χ1n) is 8.03. The van der Waals surface area contributed by atoms with Gasteiger partial charge in [0.2, 0.25) is 15.9 Å². The second kappa shape index (κ2) is 7.78. The molecule has 1 aliphatic heterocycles. The number of piperazine rings is 1. The number of halogens is 1. The summed E-state index contributed by atoms with van der Waals surface area (Å²) in [5, 5.41) is 0. The molecule has 4 N–H and O–H groups in total. The highest BCUT2D eigenvalue weighted by Gasteiger charge is 2.30. The van der Waals surface area contributed by atoms with Crippen LogP contribution < -0.4 is 11.4 Å². The molecular weight excluding hydrogens is 382 g/mol. The SMILES string of the molecule is CC(N)CC(=O)N1CCN(S(=O)(=O)c2ccc3[nH]c(=O)[nH]c3c2)CC1.Cl. The third kappa shape index (κ3) is 4.09. The molecule has 0 spiro atoms. The molecule has 26 heavy (non-hydrogen) atoms. The number of fused-ring (bicyclic) bond motifs is 1. The number of aromatic nitrogens is 2. The van der Waals surface area contributed by atoms with Gasteiger partial charge in [-0.25, -0.2) is 13.2 Å². The van der Waals surface area contributed by atoms with Crippen molar-refractivity contribution in [1.29, 1.82) is 0 Å². The molecule has 3 rings (SSSR count). The Kier molecular flexibility index (Phi) is 6.12. The lowest BCUT2D eigenvalue weighted by atomic mass is 10.2. The average Bonchev–Trinajstić information content (AvgIpc) is 2.93. The Morgan fingerprint density at radius 1 is 1.19 bits per heavy atom. The van der Waals surface area contributed by atoms with Gasteiger partial charge in [0.25, 0.3) is 0 Å². The molecule has 2 heterocycles. The molecule has 1 unspecified atom stereocenters. The molecule has 9 nitrogen and oxygen atoms in total. The van der Waals surface area contributed by atoms with Gasteiger partial charge in [-0.1, -0.05) is 0 Å². The molecule has 1 aliphatic rings. The van der Waals surface area contributed by atoms with Gasteiger partial charge < -0.3 is 20.6 Å². The van der Waals surface area contributed by atoms with Gasteiger partial charge in [0.15, 0.2) is 0 Å². The topological polar surface area (TPSA) is 132 Å². The van der Waals surface area contributed by atoms with E-state index in [0.717, 1.165) is 0 Å². The number of amides is 1. The van der Waals surface area contributed by atoms with Gasteiger partial charge in [0.1, 0.15) is 0 Å².